The first-order valence-corrected chi connectivity index (χ1v) is 7.12. The first-order chi connectivity index (χ1) is 9.99. The summed E-state index contributed by atoms with van der Waals surface area (Å²) in [6.07, 6.45) is 2.48. The second-order valence-corrected chi connectivity index (χ2v) is 5.42. The second kappa shape index (κ2) is 6.56. The molecule has 0 aliphatic carbocycles. The molecule has 1 aliphatic rings. The van der Waals surface area contributed by atoms with Crippen molar-refractivity contribution in [1.29, 1.82) is 0 Å². The van der Waals surface area contributed by atoms with Gasteiger partial charge in [0.2, 0.25) is 0 Å². The zero-order chi connectivity index (χ0) is 15.4. The van der Waals surface area contributed by atoms with Gasteiger partial charge in [-0.05, 0) is 38.8 Å². The number of hydrogen-bond donors (Lipinski definition) is 1. The third kappa shape index (κ3) is 3.71. The number of amides is 1. The molecule has 0 atom stereocenters. The van der Waals surface area contributed by atoms with Gasteiger partial charge in [0.25, 0.3) is 5.91 Å². The minimum Gasteiger partial charge on any atom is -0.489 e. The van der Waals surface area contributed by atoms with Crippen LogP contribution < -0.4 is 4.74 Å². The summed E-state index contributed by atoms with van der Waals surface area (Å²) in [6.45, 7) is 4.65. The molecule has 0 unspecified atom stereocenters. The number of carbonyl (C=O) groups is 2. The van der Waals surface area contributed by atoms with Gasteiger partial charge in [-0.3, -0.25) is 9.59 Å². The third-order valence-electron chi connectivity index (χ3n) is 3.47. The molecular formula is C15H20N2O4. The quantitative estimate of drug-likeness (QED) is 0.915. The molecule has 0 radical (unpaired) electrons. The van der Waals surface area contributed by atoms with Crippen molar-refractivity contribution in [2.24, 2.45) is 5.92 Å². The number of aromatic nitrogens is 1. The van der Waals surface area contributed by atoms with E-state index in [9.17, 15) is 9.59 Å². The number of aliphatic carboxylic acids is 1. The van der Waals surface area contributed by atoms with Gasteiger partial charge in [0.15, 0.2) is 11.4 Å². The molecule has 1 aromatic heterocycles. The van der Waals surface area contributed by atoms with Crippen LogP contribution in [0.2, 0.25) is 0 Å². The van der Waals surface area contributed by atoms with Gasteiger partial charge in [-0.1, -0.05) is 0 Å². The average molecular weight is 292 g/mol. The molecule has 0 aromatic carbocycles. The lowest BCUT2D eigenvalue weighted by Crippen LogP contribution is -2.40. The first kappa shape index (κ1) is 15.3. The van der Waals surface area contributed by atoms with Gasteiger partial charge in [0.05, 0.1) is 12.0 Å². The van der Waals surface area contributed by atoms with Crippen LogP contribution in [0.3, 0.4) is 0 Å². The number of ether oxygens (including phenoxy) is 1. The second-order valence-electron chi connectivity index (χ2n) is 5.42. The van der Waals surface area contributed by atoms with Crippen LogP contribution in [0.5, 0.6) is 5.75 Å². The van der Waals surface area contributed by atoms with Gasteiger partial charge in [0.1, 0.15) is 0 Å². The molecule has 1 aliphatic heterocycles. The van der Waals surface area contributed by atoms with E-state index in [4.69, 9.17) is 9.84 Å². The van der Waals surface area contributed by atoms with Crippen LogP contribution in [-0.4, -0.2) is 46.1 Å². The Kier molecular flexibility index (Phi) is 4.77. The van der Waals surface area contributed by atoms with E-state index in [1.165, 1.54) is 0 Å². The SMILES string of the molecule is CC(C)Oc1cccnc1C(=O)N1CCC(C(=O)O)CC1. The smallest absolute Gasteiger partial charge is 0.306 e. The van der Waals surface area contributed by atoms with Crippen LogP contribution in [-0.2, 0) is 4.79 Å². The molecule has 1 fully saturated rings. The van der Waals surface area contributed by atoms with E-state index in [2.05, 4.69) is 4.98 Å². The molecule has 1 N–H and O–H groups in total. The monoisotopic (exact) mass is 292 g/mol. The number of carboxylic acid groups (broad SMARTS) is 1. The van der Waals surface area contributed by atoms with Crippen molar-refractivity contribution < 1.29 is 19.4 Å². The van der Waals surface area contributed by atoms with Crippen molar-refractivity contribution in [2.75, 3.05) is 13.1 Å². The lowest BCUT2D eigenvalue weighted by atomic mass is 9.97. The van der Waals surface area contributed by atoms with E-state index in [1.807, 2.05) is 13.8 Å². The van der Waals surface area contributed by atoms with Gasteiger partial charge in [-0.2, -0.15) is 0 Å². The van der Waals surface area contributed by atoms with Crippen molar-refractivity contribution in [1.82, 2.24) is 9.88 Å². The van der Waals surface area contributed by atoms with Crippen LogP contribution in [0.4, 0.5) is 0 Å². The van der Waals surface area contributed by atoms with Crippen molar-refractivity contribution >= 4 is 11.9 Å². The van der Waals surface area contributed by atoms with Crippen LogP contribution in [0.15, 0.2) is 18.3 Å². The number of hydrogen-bond acceptors (Lipinski definition) is 4. The van der Waals surface area contributed by atoms with E-state index >= 15 is 0 Å². The van der Waals surface area contributed by atoms with Crippen LogP contribution in [0.1, 0.15) is 37.2 Å². The fourth-order valence-corrected chi connectivity index (χ4v) is 2.38. The molecule has 0 bridgehead atoms. The highest BCUT2D eigenvalue weighted by Gasteiger charge is 2.29. The topological polar surface area (TPSA) is 79.7 Å². The Bertz CT molecular complexity index is 522. The van der Waals surface area contributed by atoms with E-state index in [0.717, 1.165) is 0 Å². The highest BCUT2D eigenvalue weighted by atomic mass is 16.5. The predicted octanol–water partition coefficient (Wildman–Crippen LogP) is 1.81. The predicted molar refractivity (Wildman–Crippen MR) is 76.3 cm³/mol. The maximum atomic E-state index is 12.5. The Morgan fingerprint density at radius 2 is 2.05 bits per heavy atom. The molecule has 6 heteroatoms. The summed E-state index contributed by atoms with van der Waals surface area (Å²) in [5, 5.41) is 8.99. The van der Waals surface area contributed by atoms with Gasteiger partial charge in [-0.15, -0.1) is 0 Å². The summed E-state index contributed by atoms with van der Waals surface area (Å²) in [5.74, 6) is -0.874. The highest BCUT2D eigenvalue weighted by molar-refractivity contribution is 5.95. The number of piperidine rings is 1. The van der Waals surface area contributed by atoms with Gasteiger partial charge in [0, 0.05) is 19.3 Å². The number of carbonyl (C=O) groups excluding carboxylic acids is 1. The number of rotatable bonds is 4. The molecule has 114 valence electrons. The third-order valence-corrected chi connectivity index (χ3v) is 3.47. The molecule has 0 saturated carbocycles. The Labute approximate surface area is 123 Å². The summed E-state index contributed by atoms with van der Waals surface area (Å²) in [4.78, 5) is 29.2. The maximum Gasteiger partial charge on any atom is 0.306 e. The Morgan fingerprint density at radius 1 is 1.38 bits per heavy atom. The van der Waals surface area contributed by atoms with Crippen LogP contribution in [0.25, 0.3) is 0 Å². The van der Waals surface area contributed by atoms with E-state index in [-0.39, 0.29) is 17.9 Å². The zero-order valence-corrected chi connectivity index (χ0v) is 12.3. The fourth-order valence-electron chi connectivity index (χ4n) is 2.38. The normalized spacial score (nSPS) is 16.0. The standard InChI is InChI=1S/C15H20N2O4/c1-10(2)21-12-4-3-7-16-13(12)14(18)17-8-5-11(6-9-17)15(19)20/h3-4,7,10-11H,5-6,8-9H2,1-2H3,(H,19,20). The number of pyridine rings is 1. The maximum absolute atomic E-state index is 12.5. The fraction of sp³-hybridized carbons (Fsp3) is 0.533. The lowest BCUT2D eigenvalue weighted by Gasteiger charge is -2.30. The summed E-state index contributed by atoms with van der Waals surface area (Å²) in [5.41, 5.74) is 0.292. The minimum atomic E-state index is -0.788. The molecule has 1 amide bonds. The average Bonchev–Trinajstić information content (AvgIpc) is 2.46. The molecule has 21 heavy (non-hydrogen) atoms. The molecular weight excluding hydrogens is 272 g/mol. The largest absolute Gasteiger partial charge is 0.489 e. The van der Waals surface area contributed by atoms with Crippen molar-refractivity contribution in [3.63, 3.8) is 0 Å². The molecule has 0 spiro atoms. The Morgan fingerprint density at radius 3 is 2.62 bits per heavy atom. The summed E-state index contributed by atoms with van der Waals surface area (Å²) in [7, 11) is 0. The van der Waals surface area contributed by atoms with Crippen LogP contribution >= 0.6 is 0 Å². The van der Waals surface area contributed by atoms with Crippen molar-refractivity contribution in [2.45, 2.75) is 32.8 Å². The number of carboxylic acids is 1. The van der Waals surface area contributed by atoms with E-state index < -0.39 is 5.97 Å². The molecule has 2 rings (SSSR count). The minimum absolute atomic E-state index is 0.0431. The molecule has 1 saturated heterocycles. The van der Waals surface area contributed by atoms with E-state index in [0.29, 0.717) is 37.4 Å². The van der Waals surface area contributed by atoms with Crippen LogP contribution in [0, 0.1) is 5.92 Å². The molecule has 2 heterocycles. The molecule has 6 nitrogen and oxygen atoms in total. The zero-order valence-electron chi connectivity index (χ0n) is 12.3. The van der Waals surface area contributed by atoms with Gasteiger partial charge < -0.3 is 14.7 Å². The van der Waals surface area contributed by atoms with Crippen molar-refractivity contribution in [3.05, 3.63) is 24.0 Å². The first-order valence-electron chi connectivity index (χ1n) is 7.12. The Hall–Kier alpha value is -2.11. The summed E-state index contributed by atoms with van der Waals surface area (Å²) >= 11 is 0. The van der Waals surface area contributed by atoms with Crippen molar-refractivity contribution in [3.8, 4) is 5.75 Å². The number of nitrogens with zero attached hydrogens (tertiary/aromatic N) is 2. The molecule has 1 aromatic rings. The Balaban J connectivity index is 2.09. The summed E-state index contributed by atoms with van der Waals surface area (Å²) < 4.78 is 5.61. The van der Waals surface area contributed by atoms with E-state index in [1.54, 1.807) is 23.2 Å². The van der Waals surface area contributed by atoms with Gasteiger partial charge in [-0.25, -0.2) is 4.98 Å². The number of likely N-dealkylation sites (tertiary alicyclic amines) is 1. The lowest BCUT2D eigenvalue weighted by molar-refractivity contribution is -0.143. The summed E-state index contributed by atoms with van der Waals surface area (Å²) in [6, 6.07) is 3.45. The van der Waals surface area contributed by atoms with Gasteiger partial charge >= 0.3 is 5.97 Å². The highest BCUT2D eigenvalue weighted by Crippen LogP contribution is 2.23.